The highest BCUT2D eigenvalue weighted by Gasteiger charge is 2.26. The van der Waals surface area contributed by atoms with Crippen molar-refractivity contribution in [2.24, 2.45) is 11.8 Å². The SMILES string of the molecule is NNC(=O)c1ccc(-c2cnc(N3CCC(OCC4CC4)CC3)nc2)cc1. The van der Waals surface area contributed by atoms with E-state index in [-0.39, 0.29) is 5.91 Å². The Balaban J connectivity index is 1.34. The molecule has 0 bridgehead atoms. The molecule has 3 N–H and O–H groups in total. The van der Waals surface area contributed by atoms with E-state index in [4.69, 9.17) is 10.6 Å². The molecule has 1 aliphatic carbocycles. The topological polar surface area (TPSA) is 93.4 Å². The van der Waals surface area contributed by atoms with Crippen LogP contribution in [0.2, 0.25) is 0 Å². The molecule has 0 radical (unpaired) electrons. The zero-order valence-electron chi connectivity index (χ0n) is 15.3. The molecule has 27 heavy (non-hydrogen) atoms. The second-order valence-corrected chi connectivity index (χ2v) is 7.29. The van der Waals surface area contributed by atoms with Crippen LogP contribution >= 0.6 is 0 Å². The lowest BCUT2D eigenvalue weighted by molar-refractivity contribution is 0.0303. The number of nitrogen functional groups attached to an aromatic ring is 1. The molecule has 1 saturated heterocycles. The minimum absolute atomic E-state index is 0.308. The highest BCUT2D eigenvalue weighted by molar-refractivity contribution is 5.94. The summed E-state index contributed by atoms with van der Waals surface area (Å²) in [5.41, 5.74) is 4.52. The van der Waals surface area contributed by atoms with E-state index in [1.807, 2.05) is 24.5 Å². The van der Waals surface area contributed by atoms with Gasteiger partial charge in [-0.05, 0) is 49.3 Å². The highest BCUT2D eigenvalue weighted by Crippen LogP contribution is 2.30. The second kappa shape index (κ2) is 8.02. The third kappa shape index (κ3) is 4.43. The van der Waals surface area contributed by atoms with Crippen molar-refractivity contribution in [3.8, 4) is 11.1 Å². The van der Waals surface area contributed by atoms with Crippen LogP contribution in [0.15, 0.2) is 36.7 Å². The summed E-state index contributed by atoms with van der Waals surface area (Å²) < 4.78 is 6.00. The first-order valence-electron chi connectivity index (χ1n) is 9.53. The third-order valence-electron chi connectivity index (χ3n) is 5.24. The Morgan fingerprint density at radius 3 is 2.33 bits per heavy atom. The fraction of sp³-hybridized carbons (Fsp3) is 0.450. The summed E-state index contributed by atoms with van der Waals surface area (Å²) in [6.45, 7) is 2.79. The zero-order chi connectivity index (χ0) is 18.6. The van der Waals surface area contributed by atoms with Crippen molar-refractivity contribution in [3.63, 3.8) is 0 Å². The Hall–Kier alpha value is -2.51. The van der Waals surface area contributed by atoms with Crippen LogP contribution in [0.4, 0.5) is 5.95 Å². The number of carbonyl (C=O) groups excluding carboxylic acids is 1. The lowest BCUT2D eigenvalue weighted by Gasteiger charge is -2.32. The van der Waals surface area contributed by atoms with Crippen molar-refractivity contribution >= 4 is 11.9 Å². The van der Waals surface area contributed by atoms with Crippen LogP contribution in [0, 0.1) is 5.92 Å². The van der Waals surface area contributed by atoms with E-state index in [2.05, 4.69) is 20.3 Å². The monoisotopic (exact) mass is 367 g/mol. The predicted octanol–water partition coefficient (Wildman–Crippen LogP) is 2.14. The number of hydrogen-bond acceptors (Lipinski definition) is 6. The number of nitrogens with one attached hydrogen (secondary N) is 1. The molecule has 0 atom stereocenters. The number of anilines is 1. The van der Waals surface area contributed by atoms with Crippen LogP contribution in [0.1, 0.15) is 36.0 Å². The normalized spacial score (nSPS) is 17.7. The molecule has 1 aliphatic heterocycles. The summed E-state index contributed by atoms with van der Waals surface area (Å²) in [7, 11) is 0. The van der Waals surface area contributed by atoms with Gasteiger partial charge in [0.25, 0.3) is 5.91 Å². The standard InChI is InChI=1S/C20H25N5O2/c21-24-19(26)16-5-3-15(4-6-16)17-11-22-20(23-12-17)25-9-7-18(8-10-25)27-13-14-1-2-14/h3-6,11-12,14,18H,1-2,7-10,13,21H2,(H,24,26). The quantitative estimate of drug-likeness (QED) is 0.462. The molecule has 4 rings (SSSR count). The minimum Gasteiger partial charge on any atom is -0.378 e. The van der Waals surface area contributed by atoms with Crippen molar-refractivity contribution in [2.45, 2.75) is 31.8 Å². The first-order valence-corrected chi connectivity index (χ1v) is 9.53. The molecule has 2 aliphatic rings. The van der Waals surface area contributed by atoms with Gasteiger partial charge in [0.05, 0.1) is 6.10 Å². The maximum Gasteiger partial charge on any atom is 0.265 e. The fourth-order valence-corrected chi connectivity index (χ4v) is 3.31. The van der Waals surface area contributed by atoms with Crippen molar-refractivity contribution in [1.82, 2.24) is 15.4 Å². The summed E-state index contributed by atoms with van der Waals surface area (Å²) in [5, 5.41) is 0. The maximum absolute atomic E-state index is 11.5. The summed E-state index contributed by atoms with van der Waals surface area (Å²) in [6, 6.07) is 7.20. The van der Waals surface area contributed by atoms with E-state index >= 15 is 0 Å². The number of carbonyl (C=O) groups is 1. The number of nitrogens with two attached hydrogens (primary N) is 1. The van der Waals surface area contributed by atoms with Gasteiger partial charge in [-0.2, -0.15) is 0 Å². The Labute approximate surface area is 158 Å². The molecule has 2 aromatic rings. The number of nitrogens with zero attached hydrogens (tertiary/aromatic N) is 3. The Kier molecular flexibility index (Phi) is 5.31. The molecule has 1 aromatic heterocycles. The number of benzene rings is 1. The summed E-state index contributed by atoms with van der Waals surface area (Å²) in [5.74, 6) is 6.42. The first-order chi connectivity index (χ1) is 13.2. The van der Waals surface area contributed by atoms with Crippen molar-refractivity contribution in [1.29, 1.82) is 0 Å². The average molecular weight is 367 g/mol. The smallest absolute Gasteiger partial charge is 0.265 e. The maximum atomic E-state index is 11.5. The molecule has 2 heterocycles. The van der Waals surface area contributed by atoms with Gasteiger partial charge in [-0.15, -0.1) is 0 Å². The fourth-order valence-electron chi connectivity index (χ4n) is 3.31. The van der Waals surface area contributed by atoms with Crippen LogP contribution in [-0.2, 0) is 4.74 Å². The molecule has 7 heteroatoms. The van der Waals surface area contributed by atoms with Gasteiger partial charge in [0, 0.05) is 43.2 Å². The number of aromatic nitrogens is 2. The predicted molar refractivity (Wildman–Crippen MR) is 103 cm³/mol. The van der Waals surface area contributed by atoms with E-state index in [1.165, 1.54) is 12.8 Å². The lowest BCUT2D eigenvalue weighted by Crippen LogP contribution is -2.38. The number of rotatable bonds is 6. The van der Waals surface area contributed by atoms with Crippen molar-refractivity contribution in [3.05, 3.63) is 42.2 Å². The van der Waals surface area contributed by atoms with Crippen molar-refractivity contribution in [2.75, 3.05) is 24.6 Å². The highest BCUT2D eigenvalue weighted by atomic mass is 16.5. The van der Waals surface area contributed by atoms with Crippen LogP contribution in [0.3, 0.4) is 0 Å². The molecule has 1 aromatic carbocycles. The van der Waals surface area contributed by atoms with Gasteiger partial charge >= 0.3 is 0 Å². The van der Waals surface area contributed by atoms with Gasteiger partial charge in [0.15, 0.2) is 0 Å². The number of hydrogen-bond donors (Lipinski definition) is 2. The average Bonchev–Trinajstić information content (AvgIpc) is 3.57. The minimum atomic E-state index is -0.308. The van der Waals surface area contributed by atoms with Crippen LogP contribution in [0.25, 0.3) is 11.1 Å². The number of piperidine rings is 1. The Morgan fingerprint density at radius 2 is 1.74 bits per heavy atom. The van der Waals surface area contributed by atoms with E-state index in [9.17, 15) is 4.79 Å². The molecule has 7 nitrogen and oxygen atoms in total. The van der Waals surface area contributed by atoms with E-state index in [0.717, 1.165) is 55.5 Å². The van der Waals surface area contributed by atoms with Crippen molar-refractivity contribution < 1.29 is 9.53 Å². The van der Waals surface area contributed by atoms with E-state index in [0.29, 0.717) is 11.7 Å². The lowest BCUT2D eigenvalue weighted by atomic mass is 10.1. The molecule has 2 fully saturated rings. The number of amides is 1. The van der Waals surface area contributed by atoms with Gasteiger partial charge in [0.1, 0.15) is 0 Å². The number of hydrazine groups is 1. The molecular weight excluding hydrogens is 342 g/mol. The molecule has 0 spiro atoms. The molecule has 0 unspecified atom stereocenters. The van der Waals surface area contributed by atoms with Gasteiger partial charge in [-0.25, -0.2) is 15.8 Å². The van der Waals surface area contributed by atoms with Gasteiger partial charge in [0.2, 0.25) is 5.95 Å². The first kappa shape index (κ1) is 17.9. The van der Waals surface area contributed by atoms with E-state index in [1.54, 1.807) is 12.1 Å². The zero-order valence-corrected chi connectivity index (χ0v) is 15.3. The third-order valence-corrected chi connectivity index (χ3v) is 5.24. The van der Waals surface area contributed by atoms with Crippen LogP contribution < -0.4 is 16.2 Å². The summed E-state index contributed by atoms with van der Waals surface area (Å²) >= 11 is 0. The second-order valence-electron chi connectivity index (χ2n) is 7.29. The van der Waals surface area contributed by atoms with Gasteiger partial charge in [-0.3, -0.25) is 10.2 Å². The largest absolute Gasteiger partial charge is 0.378 e. The molecule has 142 valence electrons. The van der Waals surface area contributed by atoms with Gasteiger partial charge in [-0.1, -0.05) is 12.1 Å². The molecule has 1 amide bonds. The summed E-state index contributed by atoms with van der Waals surface area (Å²) in [4.78, 5) is 22.8. The van der Waals surface area contributed by atoms with Crippen LogP contribution in [-0.4, -0.2) is 41.7 Å². The van der Waals surface area contributed by atoms with Gasteiger partial charge < -0.3 is 9.64 Å². The Bertz CT molecular complexity index is 766. The Morgan fingerprint density at radius 1 is 1.07 bits per heavy atom. The van der Waals surface area contributed by atoms with E-state index < -0.39 is 0 Å². The molecule has 1 saturated carbocycles. The summed E-state index contributed by atoms with van der Waals surface area (Å²) in [6.07, 6.45) is 8.77. The van der Waals surface area contributed by atoms with Crippen LogP contribution in [0.5, 0.6) is 0 Å². The molecular formula is C20H25N5O2. The number of ether oxygens (including phenoxy) is 1.